The Bertz CT molecular complexity index is 1020. The zero-order valence-electron chi connectivity index (χ0n) is 24.7. The number of halogens is 2. The molecular formula is C29H47Cl2N7O4. The van der Waals surface area contributed by atoms with Crippen LogP contribution in [0.1, 0.15) is 51.5 Å². The van der Waals surface area contributed by atoms with Crippen molar-refractivity contribution in [2.45, 2.75) is 76.5 Å². The van der Waals surface area contributed by atoms with Gasteiger partial charge >= 0.3 is 0 Å². The van der Waals surface area contributed by atoms with E-state index in [1.807, 2.05) is 24.3 Å². The molecule has 11 nitrogen and oxygen atoms in total. The third kappa shape index (κ3) is 10.6. The number of primary amides is 1. The van der Waals surface area contributed by atoms with Crippen molar-refractivity contribution in [1.82, 2.24) is 15.5 Å². The predicted octanol–water partition coefficient (Wildman–Crippen LogP) is 1.07. The van der Waals surface area contributed by atoms with E-state index in [2.05, 4.69) is 15.5 Å². The highest BCUT2D eigenvalue weighted by Crippen LogP contribution is 2.21. The summed E-state index contributed by atoms with van der Waals surface area (Å²) in [5.41, 5.74) is 19.2. The van der Waals surface area contributed by atoms with Gasteiger partial charge in [-0.1, -0.05) is 26.0 Å². The van der Waals surface area contributed by atoms with E-state index in [1.165, 1.54) is 4.90 Å². The zero-order chi connectivity index (χ0) is 31.2. The second-order valence-electron chi connectivity index (χ2n) is 11.0. The standard InChI is InChI=1S/C29H47Cl2N7O4/c1-19(2)25(26(34)39)36-28(41)24-7-5-15-38(24)29(42)23(6-3-4-14-32)35-27(40)22(33)18-20-8-10-21(11-9-20)37(16-12-30)17-13-31/h8-11,19,22-25H,3-7,12-18,32-33H2,1-2H3,(H2,34,39)(H,35,40)(H,36,41)/t22-,23-,24-,25-/m0/s1. The number of carbonyl (C=O) groups excluding carboxylic acids is 4. The summed E-state index contributed by atoms with van der Waals surface area (Å²) in [6.45, 7) is 5.72. The molecular weight excluding hydrogens is 581 g/mol. The molecule has 1 fully saturated rings. The maximum atomic E-state index is 13.7. The fourth-order valence-electron chi connectivity index (χ4n) is 5.11. The molecule has 13 heteroatoms. The van der Waals surface area contributed by atoms with Crippen LogP contribution in [-0.4, -0.2) is 90.6 Å². The topological polar surface area (TPSA) is 177 Å². The number of nitrogens with two attached hydrogens (primary N) is 3. The van der Waals surface area contributed by atoms with Gasteiger partial charge < -0.3 is 37.6 Å². The van der Waals surface area contributed by atoms with Crippen LogP contribution in [0.5, 0.6) is 0 Å². The second kappa shape index (κ2) is 18.1. The lowest BCUT2D eigenvalue weighted by atomic mass is 10.0. The minimum Gasteiger partial charge on any atom is -0.369 e. The lowest BCUT2D eigenvalue weighted by Gasteiger charge is -2.30. The number of amides is 4. The average Bonchev–Trinajstić information content (AvgIpc) is 3.45. The van der Waals surface area contributed by atoms with Crippen LogP contribution in [-0.2, 0) is 25.6 Å². The molecule has 1 aliphatic rings. The first-order chi connectivity index (χ1) is 20.0. The summed E-state index contributed by atoms with van der Waals surface area (Å²) in [6, 6.07) is 4.36. The van der Waals surface area contributed by atoms with Gasteiger partial charge in [0, 0.05) is 37.1 Å². The zero-order valence-corrected chi connectivity index (χ0v) is 26.2. The molecule has 4 atom stereocenters. The van der Waals surface area contributed by atoms with E-state index in [4.69, 9.17) is 40.4 Å². The van der Waals surface area contributed by atoms with Gasteiger partial charge in [0.15, 0.2) is 0 Å². The van der Waals surface area contributed by atoms with Crippen LogP contribution in [0.3, 0.4) is 0 Å². The van der Waals surface area contributed by atoms with Gasteiger partial charge in [0.2, 0.25) is 23.6 Å². The third-order valence-electron chi connectivity index (χ3n) is 7.47. The molecule has 42 heavy (non-hydrogen) atoms. The van der Waals surface area contributed by atoms with Crippen molar-refractivity contribution >= 4 is 52.5 Å². The van der Waals surface area contributed by atoms with Crippen molar-refractivity contribution in [2.24, 2.45) is 23.1 Å². The molecule has 2 rings (SSSR count). The third-order valence-corrected chi connectivity index (χ3v) is 7.81. The Hall–Kier alpha value is -2.60. The lowest BCUT2D eigenvalue weighted by Crippen LogP contribution is -2.57. The number of anilines is 1. The first-order valence-corrected chi connectivity index (χ1v) is 15.7. The van der Waals surface area contributed by atoms with Gasteiger partial charge in [-0.15, -0.1) is 23.2 Å². The van der Waals surface area contributed by atoms with E-state index < -0.39 is 41.9 Å². The van der Waals surface area contributed by atoms with E-state index in [0.717, 1.165) is 11.3 Å². The second-order valence-corrected chi connectivity index (χ2v) is 11.8. The largest absolute Gasteiger partial charge is 0.369 e. The Morgan fingerprint density at radius 3 is 2.24 bits per heavy atom. The van der Waals surface area contributed by atoms with Crippen molar-refractivity contribution in [3.05, 3.63) is 29.8 Å². The summed E-state index contributed by atoms with van der Waals surface area (Å²) < 4.78 is 0. The summed E-state index contributed by atoms with van der Waals surface area (Å²) in [5.74, 6) is -1.12. The Morgan fingerprint density at radius 1 is 1.05 bits per heavy atom. The molecule has 0 bridgehead atoms. The molecule has 0 aromatic heterocycles. The fourth-order valence-corrected chi connectivity index (χ4v) is 5.52. The minimum absolute atomic E-state index is 0.201. The summed E-state index contributed by atoms with van der Waals surface area (Å²) in [7, 11) is 0. The molecule has 1 saturated heterocycles. The number of likely N-dealkylation sites (tertiary alicyclic amines) is 1. The van der Waals surface area contributed by atoms with Crippen molar-refractivity contribution in [3.63, 3.8) is 0 Å². The molecule has 1 aromatic rings. The number of hydrogen-bond acceptors (Lipinski definition) is 7. The molecule has 0 spiro atoms. The van der Waals surface area contributed by atoms with Crippen molar-refractivity contribution in [1.29, 1.82) is 0 Å². The van der Waals surface area contributed by atoms with Crippen LogP contribution >= 0.6 is 23.2 Å². The predicted molar refractivity (Wildman–Crippen MR) is 167 cm³/mol. The Balaban J connectivity index is 2.10. The highest BCUT2D eigenvalue weighted by atomic mass is 35.5. The van der Waals surface area contributed by atoms with Gasteiger partial charge in [0.1, 0.15) is 18.1 Å². The van der Waals surface area contributed by atoms with Crippen LogP contribution in [0.15, 0.2) is 24.3 Å². The monoisotopic (exact) mass is 627 g/mol. The Labute approximate surface area is 259 Å². The molecule has 1 aromatic carbocycles. The van der Waals surface area contributed by atoms with E-state index in [-0.39, 0.29) is 18.2 Å². The number of alkyl halides is 2. The van der Waals surface area contributed by atoms with Crippen LogP contribution in [0.2, 0.25) is 0 Å². The van der Waals surface area contributed by atoms with Gasteiger partial charge in [-0.05, 0) is 68.7 Å². The van der Waals surface area contributed by atoms with Crippen molar-refractivity contribution in [3.8, 4) is 0 Å². The number of rotatable bonds is 18. The molecule has 8 N–H and O–H groups in total. The first kappa shape index (κ1) is 35.6. The quantitative estimate of drug-likeness (QED) is 0.119. The fraction of sp³-hybridized carbons (Fsp3) is 0.655. The van der Waals surface area contributed by atoms with Crippen molar-refractivity contribution < 1.29 is 19.2 Å². The molecule has 4 amide bonds. The SMILES string of the molecule is CC(C)[C@H](NC(=O)[C@@H]1CCCN1C(=O)[C@H](CCCCN)NC(=O)[C@@H](N)Cc1ccc(N(CCCl)CCCl)cc1)C(N)=O. The molecule has 0 radical (unpaired) electrons. The smallest absolute Gasteiger partial charge is 0.245 e. The summed E-state index contributed by atoms with van der Waals surface area (Å²) in [4.78, 5) is 55.3. The van der Waals surface area contributed by atoms with Gasteiger partial charge in [-0.3, -0.25) is 19.2 Å². The van der Waals surface area contributed by atoms with E-state index in [9.17, 15) is 19.2 Å². The molecule has 1 heterocycles. The summed E-state index contributed by atoms with van der Waals surface area (Å²) >= 11 is 11.8. The Kier molecular flexibility index (Phi) is 15.4. The van der Waals surface area contributed by atoms with E-state index in [1.54, 1.807) is 13.8 Å². The van der Waals surface area contributed by atoms with Crippen molar-refractivity contribution in [2.75, 3.05) is 42.8 Å². The highest BCUT2D eigenvalue weighted by Gasteiger charge is 2.39. The number of nitrogens with one attached hydrogen (secondary N) is 2. The highest BCUT2D eigenvalue weighted by molar-refractivity contribution is 6.18. The maximum Gasteiger partial charge on any atom is 0.245 e. The number of nitrogens with zero attached hydrogens (tertiary/aromatic N) is 2. The van der Waals surface area contributed by atoms with Gasteiger partial charge in [0.05, 0.1) is 6.04 Å². The van der Waals surface area contributed by atoms with Crippen LogP contribution in [0, 0.1) is 5.92 Å². The molecule has 0 saturated carbocycles. The van der Waals surface area contributed by atoms with Crippen LogP contribution < -0.4 is 32.7 Å². The van der Waals surface area contributed by atoms with Crippen LogP contribution in [0.4, 0.5) is 5.69 Å². The van der Waals surface area contributed by atoms with Gasteiger partial charge in [-0.2, -0.15) is 0 Å². The molecule has 236 valence electrons. The summed E-state index contributed by atoms with van der Waals surface area (Å²) in [6.07, 6.45) is 3.01. The number of hydrogen-bond donors (Lipinski definition) is 5. The summed E-state index contributed by atoms with van der Waals surface area (Å²) in [5, 5.41) is 5.53. The maximum absolute atomic E-state index is 13.7. The van der Waals surface area contributed by atoms with E-state index in [0.29, 0.717) is 70.0 Å². The molecule has 0 aliphatic carbocycles. The van der Waals surface area contributed by atoms with Gasteiger partial charge in [-0.25, -0.2) is 0 Å². The number of benzene rings is 1. The molecule has 0 unspecified atom stereocenters. The molecule has 1 aliphatic heterocycles. The van der Waals surface area contributed by atoms with Gasteiger partial charge in [0.25, 0.3) is 0 Å². The lowest BCUT2D eigenvalue weighted by molar-refractivity contribution is -0.142. The van der Waals surface area contributed by atoms with E-state index >= 15 is 0 Å². The van der Waals surface area contributed by atoms with Crippen LogP contribution in [0.25, 0.3) is 0 Å². The normalized spacial score (nSPS) is 17.0. The Morgan fingerprint density at radius 2 is 1.69 bits per heavy atom. The first-order valence-electron chi connectivity index (χ1n) is 14.7. The minimum atomic E-state index is -0.887. The number of unbranched alkanes of at least 4 members (excludes halogenated alkanes) is 1. The average molecular weight is 629 g/mol. The number of carbonyl (C=O) groups is 4.